The van der Waals surface area contributed by atoms with Gasteiger partial charge in [0.25, 0.3) is 0 Å². The van der Waals surface area contributed by atoms with E-state index in [0.29, 0.717) is 11.6 Å². The Bertz CT molecular complexity index is 296. The fraction of sp³-hybridized carbons (Fsp3) is 0.500. The molecular weight excluding hydrogens is 188 g/mol. The van der Waals surface area contributed by atoms with E-state index in [1.54, 1.807) is 5.48 Å². The second-order valence-electron chi connectivity index (χ2n) is 3.04. The molecule has 0 aromatic carbocycles. The van der Waals surface area contributed by atoms with Crippen LogP contribution in [0.3, 0.4) is 0 Å². The van der Waals surface area contributed by atoms with E-state index in [1.807, 2.05) is 5.38 Å². The molecule has 0 bridgehead atoms. The van der Waals surface area contributed by atoms with Gasteiger partial charge in [-0.15, -0.1) is 11.3 Å². The summed E-state index contributed by atoms with van der Waals surface area (Å²) in [6, 6.07) is 0. The van der Waals surface area contributed by atoms with E-state index in [9.17, 15) is 4.79 Å². The topological polar surface area (TPSA) is 62.2 Å². The number of carbonyl (C=O) groups is 1. The monoisotopic (exact) mass is 200 g/mol. The zero-order chi connectivity index (χ0) is 9.84. The Hall–Kier alpha value is -0.940. The highest BCUT2D eigenvalue weighted by atomic mass is 32.1. The molecule has 1 amide bonds. The number of rotatable bonds is 3. The van der Waals surface area contributed by atoms with Crippen LogP contribution in [-0.2, 0) is 11.2 Å². The third-order valence-corrected chi connectivity index (χ3v) is 2.72. The van der Waals surface area contributed by atoms with Crippen molar-refractivity contribution in [1.29, 1.82) is 0 Å². The first kappa shape index (κ1) is 10.1. The van der Waals surface area contributed by atoms with Crippen LogP contribution in [0.15, 0.2) is 5.38 Å². The van der Waals surface area contributed by atoms with E-state index in [-0.39, 0.29) is 6.42 Å². The van der Waals surface area contributed by atoms with Gasteiger partial charge in [0.15, 0.2) is 0 Å². The SMILES string of the molecule is CC(C)c1nc(CC(=O)NO)cs1. The molecule has 5 heteroatoms. The third-order valence-electron chi connectivity index (χ3n) is 1.53. The molecular formula is C8H12N2O2S. The number of aromatic nitrogens is 1. The molecule has 0 spiro atoms. The largest absolute Gasteiger partial charge is 0.289 e. The van der Waals surface area contributed by atoms with Gasteiger partial charge in [-0.3, -0.25) is 10.0 Å². The van der Waals surface area contributed by atoms with Crippen LogP contribution in [-0.4, -0.2) is 16.1 Å². The fourth-order valence-electron chi connectivity index (χ4n) is 0.873. The molecule has 0 saturated carbocycles. The Morgan fingerprint density at radius 3 is 2.92 bits per heavy atom. The van der Waals surface area contributed by atoms with Crippen molar-refractivity contribution in [3.63, 3.8) is 0 Å². The molecule has 4 nitrogen and oxygen atoms in total. The molecule has 0 aliphatic carbocycles. The number of hydrogen-bond donors (Lipinski definition) is 2. The number of nitrogens with one attached hydrogen (secondary N) is 1. The molecule has 0 unspecified atom stereocenters. The summed E-state index contributed by atoms with van der Waals surface area (Å²) in [5, 5.41) is 11.1. The number of nitrogens with zero attached hydrogens (tertiary/aromatic N) is 1. The lowest BCUT2D eigenvalue weighted by Crippen LogP contribution is -2.20. The minimum absolute atomic E-state index is 0.139. The van der Waals surface area contributed by atoms with Crippen LogP contribution < -0.4 is 5.48 Å². The highest BCUT2D eigenvalue weighted by Crippen LogP contribution is 2.19. The molecule has 1 rings (SSSR count). The Labute approximate surface area is 80.6 Å². The normalized spacial score (nSPS) is 10.5. The Kier molecular flexibility index (Phi) is 3.39. The first-order valence-electron chi connectivity index (χ1n) is 4.00. The predicted molar refractivity (Wildman–Crippen MR) is 49.8 cm³/mol. The quantitative estimate of drug-likeness (QED) is 0.571. The molecule has 72 valence electrons. The van der Waals surface area contributed by atoms with Gasteiger partial charge in [0.1, 0.15) is 0 Å². The highest BCUT2D eigenvalue weighted by molar-refractivity contribution is 7.09. The third kappa shape index (κ3) is 2.78. The van der Waals surface area contributed by atoms with Crippen molar-refractivity contribution in [2.75, 3.05) is 0 Å². The molecule has 0 atom stereocenters. The summed E-state index contributed by atoms with van der Waals surface area (Å²) in [4.78, 5) is 15.0. The van der Waals surface area contributed by atoms with E-state index in [4.69, 9.17) is 5.21 Å². The van der Waals surface area contributed by atoms with Crippen LogP contribution in [0.25, 0.3) is 0 Å². The van der Waals surface area contributed by atoms with Crippen LogP contribution in [0, 0.1) is 0 Å². The predicted octanol–water partition coefficient (Wildman–Crippen LogP) is 1.31. The molecule has 1 heterocycles. The number of carbonyl (C=O) groups excluding carboxylic acids is 1. The Balaban J connectivity index is 2.64. The van der Waals surface area contributed by atoms with Crippen LogP contribution in [0.1, 0.15) is 30.5 Å². The zero-order valence-corrected chi connectivity index (χ0v) is 8.39. The average Bonchev–Trinajstić information content (AvgIpc) is 2.52. The first-order valence-corrected chi connectivity index (χ1v) is 4.88. The fourth-order valence-corrected chi connectivity index (χ4v) is 1.71. The maximum atomic E-state index is 10.8. The average molecular weight is 200 g/mol. The van der Waals surface area contributed by atoms with E-state index in [0.717, 1.165) is 5.01 Å². The smallest absolute Gasteiger partial charge is 0.249 e. The molecule has 0 aliphatic heterocycles. The van der Waals surface area contributed by atoms with Gasteiger partial charge in [0, 0.05) is 11.3 Å². The summed E-state index contributed by atoms with van der Waals surface area (Å²) >= 11 is 1.54. The number of hydrogen-bond acceptors (Lipinski definition) is 4. The van der Waals surface area contributed by atoms with Crippen molar-refractivity contribution in [1.82, 2.24) is 10.5 Å². The van der Waals surface area contributed by atoms with Gasteiger partial charge in [-0.2, -0.15) is 0 Å². The van der Waals surface area contributed by atoms with Gasteiger partial charge in [-0.05, 0) is 0 Å². The van der Waals surface area contributed by atoms with Crippen LogP contribution in [0.5, 0.6) is 0 Å². The summed E-state index contributed by atoms with van der Waals surface area (Å²) in [7, 11) is 0. The van der Waals surface area contributed by atoms with Gasteiger partial charge in [-0.1, -0.05) is 13.8 Å². The van der Waals surface area contributed by atoms with Gasteiger partial charge in [0.05, 0.1) is 17.1 Å². The van der Waals surface area contributed by atoms with Gasteiger partial charge >= 0.3 is 0 Å². The molecule has 0 radical (unpaired) electrons. The van der Waals surface area contributed by atoms with Gasteiger partial charge < -0.3 is 0 Å². The van der Waals surface area contributed by atoms with Crippen molar-refractivity contribution in [2.24, 2.45) is 0 Å². The van der Waals surface area contributed by atoms with E-state index in [1.165, 1.54) is 11.3 Å². The van der Waals surface area contributed by atoms with Gasteiger partial charge in [-0.25, -0.2) is 10.5 Å². The van der Waals surface area contributed by atoms with Crippen molar-refractivity contribution in [2.45, 2.75) is 26.2 Å². The maximum Gasteiger partial charge on any atom is 0.249 e. The van der Waals surface area contributed by atoms with E-state index < -0.39 is 5.91 Å². The van der Waals surface area contributed by atoms with Crippen molar-refractivity contribution in [3.05, 3.63) is 16.1 Å². The summed E-state index contributed by atoms with van der Waals surface area (Å²) in [6.45, 7) is 4.10. The van der Waals surface area contributed by atoms with Crippen molar-refractivity contribution < 1.29 is 10.0 Å². The molecule has 2 N–H and O–H groups in total. The Morgan fingerprint density at radius 2 is 2.46 bits per heavy atom. The molecule has 0 aliphatic rings. The van der Waals surface area contributed by atoms with E-state index in [2.05, 4.69) is 18.8 Å². The molecule has 1 aromatic heterocycles. The molecule has 0 saturated heterocycles. The lowest BCUT2D eigenvalue weighted by atomic mass is 10.2. The summed E-state index contributed by atoms with van der Waals surface area (Å²) < 4.78 is 0. The molecule has 13 heavy (non-hydrogen) atoms. The lowest BCUT2D eigenvalue weighted by molar-refractivity contribution is -0.128. The van der Waals surface area contributed by atoms with Crippen molar-refractivity contribution in [3.8, 4) is 0 Å². The van der Waals surface area contributed by atoms with Gasteiger partial charge in [0.2, 0.25) is 5.91 Å². The standard InChI is InChI=1S/C8H12N2O2S/c1-5(2)8-9-6(4-13-8)3-7(11)10-12/h4-5,12H,3H2,1-2H3,(H,10,11). The van der Waals surface area contributed by atoms with Crippen LogP contribution in [0.2, 0.25) is 0 Å². The lowest BCUT2D eigenvalue weighted by Gasteiger charge is -1.96. The number of thiazole rings is 1. The number of amides is 1. The first-order chi connectivity index (χ1) is 6.13. The van der Waals surface area contributed by atoms with E-state index >= 15 is 0 Å². The summed E-state index contributed by atoms with van der Waals surface area (Å²) in [5.74, 6) is -0.0449. The summed E-state index contributed by atoms with van der Waals surface area (Å²) in [5.41, 5.74) is 2.29. The zero-order valence-electron chi connectivity index (χ0n) is 7.57. The number of hydroxylamine groups is 1. The molecule has 1 aromatic rings. The minimum atomic E-state index is -0.430. The second-order valence-corrected chi connectivity index (χ2v) is 3.93. The maximum absolute atomic E-state index is 10.8. The Morgan fingerprint density at radius 1 is 1.77 bits per heavy atom. The second kappa shape index (κ2) is 4.34. The highest BCUT2D eigenvalue weighted by Gasteiger charge is 2.08. The summed E-state index contributed by atoms with van der Waals surface area (Å²) in [6.07, 6.45) is 0.139. The van der Waals surface area contributed by atoms with Crippen molar-refractivity contribution >= 4 is 17.2 Å². The molecule has 0 fully saturated rings. The van der Waals surface area contributed by atoms with Crippen LogP contribution in [0.4, 0.5) is 0 Å². The van der Waals surface area contributed by atoms with Crippen LogP contribution >= 0.6 is 11.3 Å². The minimum Gasteiger partial charge on any atom is -0.289 e.